The fourth-order valence-electron chi connectivity index (χ4n) is 3.45. The van der Waals surface area contributed by atoms with Gasteiger partial charge in [-0.3, -0.25) is 9.59 Å². The number of halogens is 3. The van der Waals surface area contributed by atoms with Gasteiger partial charge >= 0.3 is 6.18 Å². The van der Waals surface area contributed by atoms with Crippen molar-refractivity contribution in [3.63, 3.8) is 0 Å². The van der Waals surface area contributed by atoms with E-state index in [0.29, 0.717) is 5.69 Å². The molecule has 1 aromatic rings. The topological polar surface area (TPSA) is 66.6 Å². The molecule has 5 nitrogen and oxygen atoms in total. The molecule has 0 unspecified atom stereocenters. The van der Waals surface area contributed by atoms with Crippen LogP contribution in [0, 0.1) is 5.92 Å². The summed E-state index contributed by atoms with van der Waals surface area (Å²) in [5, 5.41) is 0. The second-order valence-corrected chi connectivity index (χ2v) is 6.56. The molecule has 2 fully saturated rings. The number of benzene rings is 1. The molecule has 3 rings (SSSR count). The second kappa shape index (κ2) is 6.57. The molecule has 25 heavy (non-hydrogen) atoms. The van der Waals surface area contributed by atoms with Gasteiger partial charge in [0.05, 0.1) is 22.9 Å². The number of hydrogen-bond acceptors (Lipinski definition) is 3. The molecule has 2 aliphatic heterocycles. The van der Waals surface area contributed by atoms with Gasteiger partial charge < -0.3 is 15.5 Å². The number of hydrogen-bond donors (Lipinski definition) is 1. The van der Waals surface area contributed by atoms with E-state index >= 15 is 0 Å². The van der Waals surface area contributed by atoms with E-state index in [1.54, 1.807) is 0 Å². The van der Waals surface area contributed by atoms with Gasteiger partial charge in [-0.15, -0.1) is 0 Å². The highest BCUT2D eigenvalue weighted by molar-refractivity contribution is 6.02. The van der Waals surface area contributed by atoms with E-state index in [1.807, 2.05) is 4.90 Å². The number of alkyl halides is 3. The summed E-state index contributed by atoms with van der Waals surface area (Å²) in [7, 11) is 0. The first-order chi connectivity index (χ1) is 11.8. The largest absolute Gasteiger partial charge is 0.416 e. The van der Waals surface area contributed by atoms with Crippen LogP contribution in [-0.4, -0.2) is 31.4 Å². The molecule has 136 valence electrons. The molecular formula is C17H20F3N3O2. The molecule has 2 saturated heterocycles. The van der Waals surface area contributed by atoms with Crippen LogP contribution in [0.5, 0.6) is 0 Å². The Morgan fingerprint density at radius 1 is 1.12 bits per heavy atom. The third kappa shape index (κ3) is 3.57. The molecule has 2 heterocycles. The van der Waals surface area contributed by atoms with Crippen LogP contribution in [0.2, 0.25) is 0 Å². The SMILES string of the molecule is NC(=O)[C@@H]1CC(=O)N(c2cc(C(F)(F)F)ccc2N2CCCCC2)C1. The third-order valence-corrected chi connectivity index (χ3v) is 4.82. The molecule has 0 saturated carbocycles. The average Bonchev–Trinajstić information content (AvgIpc) is 2.96. The van der Waals surface area contributed by atoms with Crippen molar-refractivity contribution in [3.8, 4) is 0 Å². The number of carbonyl (C=O) groups is 2. The van der Waals surface area contributed by atoms with E-state index in [9.17, 15) is 22.8 Å². The second-order valence-electron chi connectivity index (χ2n) is 6.56. The Labute approximate surface area is 143 Å². The lowest BCUT2D eigenvalue weighted by Crippen LogP contribution is -2.34. The summed E-state index contributed by atoms with van der Waals surface area (Å²) in [6.07, 6.45) is -1.57. The maximum Gasteiger partial charge on any atom is 0.416 e. The van der Waals surface area contributed by atoms with Crippen LogP contribution in [0.3, 0.4) is 0 Å². The van der Waals surface area contributed by atoms with Crippen LogP contribution >= 0.6 is 0 Å². The first kappa shape index (κ1) is 17.6. The first-order valence-electron chi connectivity index (χ1n) is 8.33. The van der Waals surface area contributed by atoms with Gasteiger partial charge in [0.25, 0.3) is 0 Å². The average molecular weight is 355 g/mol. The summed E-state index contributed by atoms with van der Waals surface area (Å²) in [4.78, 5) is 27.0. The van der Waals surface area contributed by atoms with E-state index in [0.717, 1.165) is 44.5 Å². The summed E-state index contributed by atoms with van der Waals surface area (Å²) in [5.74, 6) is -1.65. The fraction of sp³-hybridized carbons (Fsp3) is 0.529. The van der Waals surface area contributed by atoms with Crippen molar-refractivity contribution in [3.05, 3.63) is 23.8 Å². The molecule has 2 aliphatic rings. The van der Waals surface area contributed by atoms with Crippen molar-refractivity contribution in [1.29, 1.82) is 0 Å². The van der Waals surface area contributed by atoms with Crippen molar-refractivity contribution in [1.82, 2.24) is 0 Å². The molecule has 2 amide bonds. The van der Waals surface area contributed by atoms with E-state index in [4.69, 9.17) is 5.73 Å². The number of amides is 2. The molecule has 0 aliphatic carbocycles. The molecule has 0 aromatic heterocycles. The molecular weight excluding hydrogens is 335 g/mol. The maximum absolute atomic E-state index is 13.1. The van der Waals surface area contributed by atoms with Crippen LogP contribution in [-0.2, 0) is 15.8 Å². The Morgan fingerprint density at radius 2 is 1.80 bits per heavy atom. The Morgan fingerprint density at radius 3 is 2.36 bits per heavy atom. The number of rotatable bonds is 3. The van der Waals surface area contributed by atoms with Gasteiger partial charge in [-0.2, -0.15) is 13.2 Å². The molecule has 1 atom stereocenters. The lowest BCUT2D eigenvalue weighted by atomic mass is 10.1. The predicted octanol–water partition coefficient (Wildman–Crippen LogP) is 2.53. The highest BCUT2D eigenvalue weighted by Crippen LogP contribution is 2.40. The normalized spacial score (nSPS) is 21.7. The van der Waals surface area contributed by atoms with Gasteiger partial charge in [0.2, 0.25) is 11.8 Å². The van der Waals surface area contributed by atoms with Crippen molar-refractivity contribution in [2.45, 2.75) is 31.9 Å². The van der Waals surface area contributed by atoms with E-state index < -0.39 is 23.6 Å². The molecule has 0 spiro atoms. The summed E-state index contributed by atoms with van der Waals surface area (Å²) >= 11 is 0. The number of anilines is 2. The molecule has 8 heteroatoms. The summed E-state index contributed by atoms with van der Waals surface area (Å²) in [5.41, 5.74) is 5.28. The molecule has 0 bridgehead atoms. The Kier molecular flexibility index (Phi) is 4.62. The zero-order valence-corrected chi connectivity index (χ0v) is 13.7. The lowest BCUT2D eigenvalue weighted by molar-refractivity contribution is -0.137. The standard InChI is InChI=1S/C17H20F3N3O2/c18-17(19,20)12-4-5-13(22-6-2-1-3-7-22)14(9-12)23-10-11(16(21)25)8-15(23)24/h4-5,9,11H,1-3,6-8,10H2,(H2,21,25)/t11-/m1/s1. The number of nitrogens with two attached hydrogens (primary N) is 1. The smallest absolute Gasteiger partial charge is 0.370 e. The summed E-state index contributed by atoms with van der Waals surface area (Å²) in [6, 6.07) is 3.47. The zero-order chi connectivity index (χ0) is 18.2. The van der Waals surface area contributed by atoms with Crippen LogP contribution in [0.15, 0.2) is 18.2 Å². The zero-order valence-electron chi connectivity index (χ0n) is 13.7. The van der Waals surface area contributed by atoms with Crippen molar-refractivity contribution >= 4 is 23.2 Å². The minimum absolute atomic E-state index is 0.0241. The van der Waals surface area contributed by atoms with Gasteiger partial charge in [0, 0.05) is 26.1 Å². The first-order valence-corrected chi connectivity index (χ1v) is 8.33. The van der Waals surface area contributed by atoms with E-state index in [2.05, 4.69) is 0 Å². The highest BCUT2D eigenvalue weighted by Gasteiger charge is 2.38. The quantitative estimate of drug-likeness (QED) is 0.906. The lowest BCUT2D eigenvalue weighted by Gasteiger charge is -2.33. The van der Waals surface area contributed by atoms with Gasteiger partial charge in [-0.05, 0) is 37.5 Å². The summed E-state index contributed by atoms with van der Waals surface area (Å²) < 4.78 is 39.4. The van der Waals surface area contributed by atoms with Crippen LogP contribution in [0.25, 0.3) is 0 Å². The van der Waals surface area contributed by atoms with E-state index in [-0.39, 0.29) is 24.6 Å². The van der Waals surface area contributed by atoms with Crippen molar-refractivity contribution in [2.24, 2.45) is 11.7 Å². The Hall–Kier alpha value is -2.25. The van der Waals surface area contributed by atoms with Crippen molar-refractivity contribution < 1.29 is 22.8 Å². The fourth-order valence-corrected chi connectivity index (χ4v) is 3.45. The number of primary amides is 1. The number of piperidine rings is 1. The van der Waals surface area contributed by atoms with Crippen LogP contribution in [0.1, 0.15) is 31.2 Å². The van der Waals surface area contributed by atoms with Crippen LogP contribution in [0.4, 0.5) is 24.5 Å². The Bertz CT molecular complexity index is 684. The van der Waals surface area contributed by atoms with Crippen molar-refractivity contribution in [2.75, 3.05) is 29.4 Å². The number of carbonyl (C=O) groups excluding carboxylic acids is 2. The maximum atomic E-state index is 13.1. The highest BCUT2D eigenvalue weighted by atomic mass is 19.4. The van der Waals surface area contributed by atoms with E-state index in [1.165, 1.54) is 11.0 Å². The molecule has 1 aromatic carbocycles. The molecule has 0 radical (unpaired) electrons. The predicted molar refractivity (Wildman–Crippen MR) is 87.2 cm³/mol. The minimum atomic E-state index is -4.50. The minimum Gasteiger partial charge on any atom is -0.370 e. The van der Waals surface area contributed by atoms with Crippen LogP contribution < -0.4 is 15.5 Å². The van der Waals surface area contributed by atoms with Gasteiger partial charge in [0.1, 0.15) is 0 Å². The van der Waals surface area contributed by atoms with Gasteiger partial charge in [-0.25, -0.2) is 0 Å². The number of nitrogens with zero attached hydrogens (tertiary/aromatic N) is 2. The van der Waals surface area contributed by atoms with Gasteiger partial charge in [0.15, 0.2) is 0 Å². The summed E-state index contributed by atoms with van der Waals surface area (Å²) in [6.45, 7) is 1.50. The van der Waals surface area contributed by atoms with Gasteiger partial charge in [-0.1, -0.05) is 0 Å². The molecule has 2 N–H and O–H groups in total. The monoisotopic (exact) mass is 355 g/mol. The third-order valence-electron chi connectivity index (χ3n) is 4.82. The Balaban J connectivity index is 2.01.